The van der Waals surface area contributed by atoms with E-state index in [1.807, 2.05) is 6.92 Å². The van der Waals surface area contributed by atoms with E-state index in [1.54, 1.807) is 0 Å². The Hall–Kier alpha value is -0.850. The van der Waals surface area contributed by atoms with Crippen LogP contribution in [0.15, 0.2) is 18.2 Å². The van der Waals surface area contributed by atoms with Crippen molar-refractivity contribution in [3.8, 4) is 0 Å². The van der Waals surface area contributed by atoms with E-state index in [2.05, 4.69) is 0 Å². The van der Waals surface area contributed by atoms with Gasteiger partial charge in [0.05, 0.1) is 17.7 Å². The van der Waals surface area contributed by atoms with Crippen molar-refractivity contribution in [3.63, 3.8) is 0 Å². The van der Waals surface area contributed by atoms with Crippen molar-refractivity contribution >= 4 is 12.4 Å². The summed E-state index contributed by atoms with van der Waals surface area (Å²) in [4.78, 5) is 0. The summed E-state index contributed by atoms with van der Waals surface area (Å²) < 4.78 is 50.5. The Morgan fingerprint density at radius 1 is 1.32 bits per heavy atom. The third-order valence-electron chi connectivity index (χ3n) is 2.68. The molecule has 2 nitrogen and oxygen atoms in total. The van der Waals surface area contributed by atoms with Gasteiger partial charge in [-0.15, -0.1) is 12.4 Å². The minimum atomic E-state index is -4.77. The molecule has 0 amide bonds. The van der Waals surface area contributed by atoms with Gasteiger partial charge in [-0.2, -0.15) is 13.2 Å². The van der Waals surface area contributed by atoms with Crippen molar-refractivity contribution in [3.05, 3.63) is 35.1 Å². The van der Waals surface area contributed by atoms with E-state index in [0.29, 0.717) is 18.9 Å². The minimum absolute atomic E-state index is 0. The zero-order valence-corrected chi connectivity index (χ0v) is 11.1. The second kappa shape index (κ2) is 7.07. The lowest BCUT2D eigenvalue weighted by molar-refractivity contribution is -0.140. The number of rotatable bonds is 4. The quantitative estimate of drug-likeness (QED) is 0.837. The predicted molar refractivity (Wildman–Crippen MR) is 66.5 cm³/mol. The van der Waals surface area contributed by atoms with Crippen molar-refractivity contribution in [1.29, 1.82) is 0 Å². The van der Waals surface area contributed by atoms with Crippen molar-refractivity contribution in [2.24, 2.45) is 5.73 Å². The molecular formula is C12H16ClF4NO. The summed E-state index contributed by atoms with van der Waals surface area (Å²) in [6.07, 6.45) is -4.68. The SMILES string of the molecule is CCC[C@@H](O)[C@@H](N)c1ccc(F)c(C(F)(F)F)c1.Cl. The van der Waals surface area contributed by atoms with Gasteiger partial charge in [-0.25, -0.2) is 4.39 Å². The summed E-state index contributed by atoms with van der Waals surface area (Å²) in [7, 11) is 0. The Labute approximate surface area is 115 Å². The lowest BCUT2D eigenvalue weighted by Gasteiger charge is -2.20. The first kappa shape index (κ1) is 18.1. The molecule has 0 aliphatic carbocycles. The van der Waals surface area contributed by atoms with Crippen molar-refractivity contribution in [1.82, 2.24) is 0 Å². The number of hydrogen-bond donors (Lipinski definition) is 2. The zero-order chi connectivity index (χ0) is 13.9. The maximum atomic E-state index is 13.1. The Kier molecular flexibility index (Phi) is 6.76. The molecule has 3 N–H and O–H groups in total. The Morgan fingerprint density at radius 3 is 2.37 bits per heavy atom. The fourth-order valence-corrected chi connectivity index (χ4v) is 1.66. The van der Waals surface area contributed by atoms with E-state index in [1.165, 1.54) is 0 Å². The van der Waals surface area contributed by atoms with Crippen molar-refractivity contribution in [2.45, 2.75) is 38.1 Å². The lowest BCUT2D eigenvalue weighted by Crippen LogP contribution is -2.26. The van der Waals surface area contributed by atoms with Gasteiger partial charge in [0.15, 0.2) is 0 Å². The number of aliphatic hydroxyl groups excluding tert-OH is 1. The van der Waals surface area contributed by atoms with Gasteiger partial charge in [0.25, 0.3) is 0 Å². The monoisotopic (exact) mass is 301 g/mol. The average Bonchev–Trinajstić information content (AvgIpc) is 2.27. The number of alkyl halides is 3. The molecule has 0 radical (unpaired) electrons. The molecule has 1 aromatic carbocycles. The van der Waals surface area contributed by atoms with Gasteiger partial charge >= 0.3 is 6.18 Å². The highest BCUT2D eigenvalue weighted by Crippen LogP contribution is 2.33. The van der Waals surface area contributed by atoms with E-state index in [0.717, 1.165) is 12.1 Å². The molecule has 2 atom stereocenters. The largest absolute Gasteiger partial charge is 0.419 e. The molecule has 110 valence electrons. The predicted octanol–water partition coefficient (Wildman–Crippen LogP) is 3.43. The average molecular weight is 302 g/mol. The summed E-state index contributed by atoms with van der Waals surface area (Å²) >= 11 is 0. The highest BCUT2D eigenvalue weighted by Gasteiger charge is 2.34. The van der Waals surface area contributed by atoms with E-state index in [-0.39, 0.29) is 18.0 Å². The number of aliphatic hydroxyl groups is 1. The van der Waals surface area contributed by atoms with Crippen LogP contribution >= 0.6 is 12.4 Å². The molecule has 0 bridgehead atoms. The molecule has 7 heteroatoms. The summed E-state index contributed by atoms with van der Waals surface area (Å²) in [5.41, 5.74) is 4.36. The fraction of sp³-hybridized carbons (Fsp3) is 0.500. The van der Waals surface area contributed by atoms with Crippen LogP contribution in [-0.2, 0) is 6.18 Å². The summed E-state index contributed by atoms with van der Waals surface area (Å²) in [6.45, 7) is 1.82. The van der Waals surface area contributed by atoms with Gasteiger partial charge in [-0.1, -0.05) is 19.4 Å². The van der Waals surface area contributed by atoms with Crippen LogP contribution in [0.25, 0.3) is 0 Å². The molecule has 0 unspecified atom stereocenters. The van der Waals surface area contributed by atoms with Gasteiger partial charge < -0.3 is 10.8 Å². The number of halogens is 5. The summed E-state index contributed by atoms with van der Waals surface area (Å²) in [5, 5.41) is 9.63. The summed E-state index contributed by atoms with van der Waals surface area (Å²) in [5.74, 6) is -1.34. The van der Waals surface area contributed by atoms with Gasteiger partial charge in [0.1, 0.15) is 5.82 Å². The van der Waals surface area contributed by atoms with Crippen molar-refractivity contribution < 1.29 is 22.7 Å². The molecular weight excluding hydrogens is 286 g/mol. The molecule has 0 heterocycles. The molecule has 1 aromatic rings. The van der Waals surface area contributed by atoms with Gasteiger partial charge in [-0.05, 0) is 24.1 Å². The van der Waals surface area contributed by atoms with Gasteiger partial charge in [0.2, 0.25) is 0 Å². The molecule has 0 saturated carbocycles. The number of hydrogen-bond acceptors (Lipinski definition) is 2. The van der Waals surface area contributed by atoms with Crippen LogP contribution < -0.4 is 5.73 Å². The first-order chi connectivity index (χ1) is 8.27. The number of nitrogens with two attached hydrogens (primary N) is 1. The first-order valence-corrected chi connectivity index (χ1v) is 5.57. The molecule has 0 spiro atoms. The van der Waals surface area contributed by atoms with Crippen molar-refractivity contribution in [2.75, 3.05) is 0 Å². The normalized spacial score (nSPS) is 14.7. The van der Waals surface area contributed by atoms with Crippen LogP contribution in [0.4, 0.5) is 17.6 Å². The molecule has 19 heavy (non-hydrogen) atoms. The second-order valence-corrected chi connectivity index (χ2v) is 4.12. The highest BCUT2D eigenvalue weighted by atomic mass is 35.5. The molecule has 0 aliphatic heterocycles. The van der Waals surface area contributed by atoms with E-state index >= 15 is 0 Å². The Bertz CT molecular complexity index is 411. The van der Waals surface area contributed by atoms with Gasteiger partial charge in [-0.3, -0.25) is 0 Å². The van der Waals surface area contributed by atoms with E-state index in [9.17, 15) is 22.7 Å². The number of benzene rings is 1. The van der Waals surface area contributed by atoms with E-state index < -0.39 is 29.7 Å². The molecule has 1 rings (SSSR count). The third-order valence-corrected chi connectivity index (χ3v) is 2.68. The standard InChI is InChI=1S/C12H15F4NO.ClH/c1-2-3-10(18)11(17)7-4-5-9(13)8(6-7)12(14,15)16;/h4-6,10-11,18H,2-3,17H2,1H3;1H/t10-,11+;/m1./s1. The third kappa shape index (κ3) is 4.63. The van der Waals surface area contributed by atoms with Crippen LogP contribution in [0, 0.1) is 5.82 Å². The van der Waals surface area contributed by atoms with Gasteiger partial charge in [0, 0.05) is 0 Å². The maximum absolute atomic E-state index is 13.1. The smallest absolute Gasteiger partial charge is 0.391 e. The van der Waals surface area contributed by atoms with Crippen LogP contribution in [0.1, 0.15) is 36.9 Å². The zero-order valence-electron chi connectivity index (χ0n) is 10.2. The fourth-order valence-electron chi connectivity index (χ4n) is 1.66. The molecule has 0 aliphatic rings. The topological polar surface area (TPSA) is 46.2 Å². The van der Waals surface area contributed by atoms with Crippen LogP contribution in [0.5, 0.6) is 0 Å². The minimum Gasteiger partial charge on any atom is -0.391 e. The molecule has 0 aromatic heterocycles. The summed E-state index contributed by atoms with van der Waals surface area (Å²) in [6, 6.07) is 1.58. The first-order valence-electron chi connectivity index (χ1n) is 5.57. The highest BCUT2D eigenvalue weighted by molar-refractivity contribution is 5.85. The molecule has 0 fully saturated rings. The van der Waals surface area contributed by atoms with Crippen LogP contribution in [0.2, 0.25) is 0 Å². The molecule has 0 saturated heterocycles. The Morgan fingerprint density at radius 2 is 1.89 bits per heavy atom. The second-order valence-electron chi connectivity index (χ2n) is 4.12. The van der Waals surface area contributed by atoms with E-state index in [4.69, 9.17) is 5.73 Å². The Balaban J connectivity index is 0.00000324. The lowest BCUT2D eigenvalue weighted by atomic mass is 9.97. The van der Waals surface area contributed by atoms with Crippen LogP contribution in [0.3, 0.4) is 0 Å². The maximum Gasteiger partial charge on any atom is 0.419 e. The van der Waals surface area contributed by atoms with Crippen LogP contribution in [-0.4, -0.2) is 11.2 Å².